The Hall–Kier alpha value is -6.28. The number of halogens is 6. The van der Waals surface area contributed by atoms with Gasteiger partial charge in [-0.3, -0.25) is 34.0 Å². The van der Waals surface area contributed by atoms with Gasteiger partial charge in [-0.15, -0.1) is 0 Å². The molecule has 0 radical (unpaired) electrons. The minimum atomic E-state index is -4.70. The molecule has 5 atom stereocenters. The summed E-state index contributed by atoms with van der Waals surface area (Å²) in [6.07, 6.45) is -5.96. The van der Waals surface area contributed by atoms with Crippen molar-refractivity contribution in [3.05, 3.63) is 89.8 Å². The minimum Gasteiger partial charge on any atom is -0.464 e. The van der Waals surface area contributed by atoms with E-state index in [1.54, 1.807) is 58.9 Å². The van der Waals surface area contributed by atoms with E-state index < -0.39 is 109 Å². The third kappa shape index (κ3) is 11.3. The molecular weight excluding hydrogens is 949 g/mol. The number of hydrazine groups is 1. The number of nitrogens with one attached hydrogen (secondary N) is 2. The van der Waals surface area contributed by atoms with Crippen LogP contribution in [0.1, 0.15) is 88.8 Å². The van der Waals surface area contributed by atoms with Gasteiger partial charge in [0.2, 0.25) is 17.5 Å². The van der Waals surface area contributed by atoms with E-state index in [9.17, 15) is 45.9 Å². The SMILES string of the molecule is C=CC(=O)N1CC[C@](F)(C(=O)N(C)C(C(=O)N[C@H]2Cc3cc(cc(C(F)F)c3)-c3ccc4c(c3)c(c(-c3cccnc3[C@H](C)OC)n4CC(F)(F)F)CC(C)(C)COC(=O)[C@@H]3CCCN(N3)C2=O)C(C)C)C1. The molecule has 0 spiro atoms. The summed E-state index contributed by atoms with van der Waals surface area (Å²) >= 11 is 0. The number of pyridine rings is 1. The Morgan fingerprint density at radius 2 is 1.81 bits per heavy atom. The number of carbonyl (C=O) groups is 5. The molecule has 14 nitrogen and oxygen atoms in total. The summed E-state index contributed by atoms with van der Waals surface area (Å²) in [6.45, 7) is 9.82. The van der Waals surface area contributed by atoms with Gasteiger partial charge in [0, 0.05) is 73.7 Å². The molecule has 2 fully saturated rings. The van der Waals surface area contributed by atoms with Gasteiger partial charge in [-0.05, 0) is 90.8 Å². The number of aromatic nitrogens is 2. The van der Waals surface area contributed by atoms with Crippen LogP contribution in [0.4, 0.5) is 26.3 Å². The van der Waals surface area contributed by atoms with E-state index in [4.69, 9.17) is 9.47 Å². The van der Waals surface area contributed by atoms with Crippen LogP contribution in [0.3, 0.4) is 0 Å². The Morgan fingerprint density at radius 3 is 2.47 bits per heavy atom. The normalized spacial score (nSPS) is 21.6. The van der Waals surface area contributed by atoms with Gasteiger partial charge < -0.3 is 29.2 Å². The Labute approximate surface area is 414 Å². The molecule has 1 unspecified atom stereocenters. The highest BCUT2D eigenvalue weighted by Gasteiger charge is 2.50. The average Bonchev–Trinajstić information content (AvgIpc) is 3.88. The molecule has 7 rings (SSSR count). The summed E-state index contributed by atoms with van der Waals surface area (Å²) in [6, 6.07) is 7.99. The topological polar surface area (TPSA) is 155 Å². The summed E-state index contributed by atoms with van der Waals surface area (Å²) in [5.41, 5.74) is 1.33. The first kappa shape index (κ1) is 53.5. The number of carbonyl (C=O) groups excluding carboxylic acids is 5. The highest BCUT2D eigenvalue weighted by molar-refractivity contribution is 5.97. The summed E-state index contributed by atoms with van der Waals surface area (Å²) in [5.74, 6) is -4.62. The molecule has 20 heteroatoms. The number of hydrogen-bond donors (Lipinski definition) is 2. The number of likely N-dealkylation sites (tertiary alicyclic amines) is 1. The van der Waals surface area contributed by atoms with E-state index in [1.807, 2.05) is 0 Å². The molecule has 6 bridgehead atoms. The van der Waals surface area contributed by atoms with E-state index in [1.165, 1.54) is 44.6 Å². The highest BCUT2D eigenvalue weighted by Crippen LogP contribution is 2.43. The third-order valence-electron chi connectivity index (χ3n) is 13.7. The van der Waals surface area contributed by atoms with Crippen molar-refractivity contribution in [3.8, 4) is 22.4 Å². The first-order chi connectivity index (χ1) is 33.8. The predicted molar refractivity (Wildman–Crippen MR) is 256 cm³/mol. The number of fused-ring (bicyclic) bond motifs is 6. The van der Waals surface area contributed by atoms with Gasteiger partial charge in [0.25, 0.3) is 18.2 Å². The monoisotopic (exact) mass is 1010 g/mol. The van der Waals surface area contributed by atoms with Gasteiger partial charge in [0.15, 0.2) is 0 Å². The molecule has 2 N–H and O–H groups in total. The van der Waals surface area contributed by atoms with Crippen molar-refractivity contribution >= 4 is 40.5 Å². The van der Waals surface area contributed by atoms with Crippen molar-refractivity contribution in [2.24, 2.45) is 11.3 Å². The smallest absolute Gasteiger partial charge is 0.406 e. The summed E-state index contributed by atoms with van der Waals surface area (Å²) in [5, 5.41) is 4.26. The number of ether oxygens (including phenoxy) is 2. The van der Waals surface area contributed by atoms with E-state index in [0.717, 1.165) is 25.5 Å². The maximum absolute atomic E-state index is 16.4. The first-order valence-electron chi connectivity index (χ1n) is 23.9. The third-order valence-corrected chi connectivity index (χ3v) is 13.7. The van der Waals surface area contributed by atoms with Gasteiger partial charge >= 0.3 is 12.1 Å². The molecule has 4 amide bonds. The Balaban J connectivity index is 1.38. The zero-order valence-corrected chi connectivity index (χ0v) is 41.4. The number of esters is 1. The lowest BCUT2D eigenvalue weighted by atomic mass is 9.84. The zero-order valence-electron chi connectivity index (χ0n) is 41.4. The largest absolute Gasteiger partial charge is 0.464 e. The van der Waals surface area contributed by atoms with Crippen molar-refractivity contribution in [3.63, 3.8) is 0 Å². The molecule has 388 valence electrons. The van der Waals surface area contributed by atoms with Gasteiger partial charge in [0.1, 0.15) is 24.7 Å². The Bertz CT molecular complexity index is 2740. The molecule has 2 aromatic carbocycles. The van der Waals surface area contributed by atoms with Crippen LogP contribution in [0.25, 0.3) is 33.3 Å². The van der Waals surface area contributed by atoms with Crippen molar-refractivity contribution in [2.75, 3.05) is 40.4 Å². The van der Waals surface area contributed by atoms with Crippen molar-refractivity contribution < 1.29 is 59.8 Å². The maximum atomic E-state index is 16.4. The number of hydrogen-bond acceptors (Lipinski definition) is 9. The van der Waals surface area contributed by atoms with Crippen LogP contribution in [0, 0.1) is 11.3 Å². The number of likely N-dealkylation sites (N-methyl/N-ethyl adjacent to an activating group) is 1. The number of amides is 4. The molecule has 2 aromatic heterocycles. The lowest BCUT2D eigenvalue weighted by molar-refractivity contribution is -0.155. The van der Waals surface area contributed by atoms with Crippen LogP contribution in [-0.2, 0) is 52.8 Å². The standard InChI is InChI=1S/C52H61F6N7O7/c1-9-41(66)63-19-16-51(55,26-63)49(70)62(7)43(29(2)3)46(67)60-39-22-31-20-33(23-34(21-31)45(53)54)32-14-15-40-36(24-32)37(25-50(5,6)28-72-48(69)38-13-11-18-65(61-38)47(39)68)44(64(40)27-52(56,57)58)35-12-10-17-59-42(35)30(4)71-8/h9-10,12,14-15,17,20-21,23-24,29-30,38-39,43,45,61H,1,11,13,16,18-19,22,25-28H2,2-8H3,(H,60,67)/t30-,38-,39-,43?,51+/m0/s1. The van der Waals surface area contributed by atoms with Crippen LogP contribution in [0.5, 0.6) is 0 Å². The second-order valence-corrected chi connectivity index (χ2v) is 20.2. The van der Waals surface area contributed by atoms with Gasteiger partial charge in [-0.1, -0.05) is 52.5 Å². The Morgan fingerprint density at radius 1 is 1.07 bits per heavy atom. The molecule has 0 saturated carbocycles. The number of nitrogens with zero attached hydrogens (tertiary/aromatic N) is 5. The molecule has 3 aliphatic rings. The van der Waals surface area contributed by atoms with E-state index in [-0.39, 0.29) is 61.3 Å². The molecule has 5 heterocycles. The van der Waals surface area contributed by atoms with E-state index >= 15 is 4.39 Å². The maximum Gasteiger partial charge on any atom is 0.406 e. The van der Waals surface area contributed by atoms with Crippen LogP contribution in [-0.4, -0.2) is 124 Å². The number of rotatable bonds is 11. The Kier molecular flexibility index (Phi) is 15.6. The van der Waals surface area contributed by atoms with E-state index in [2.05, 4.69) is 22.3 Å². The van der Waals surface area contributed by atoms with Crippen LogP contribution in [0.2, 0.25) is 0 Å². The predicted octanol–water partition coefficient (Wildman–Crippen LogP) is 7.84. The molecule has 4 aromatic rings. The lowest BCUT2D eigenvalue weighted by Gasteiger charge is -2.37. The number of alkyl halides is 6. The van der Waals surface area contributed by atoms with Crippen molar-refractivity contribution in [1.29, 1.82) is 0 Å². The molecule has 2 saturated heterocycles. The fourth-order valence-corrected chi connectivity index (χ4v) is 10.1. The first-order valence-corrected chi connectivity index (χ1v) is 23.9. The number of cyclic esters (lactones) is 1. The highest BCUT2D eigenvalue weighted by atomic mass is 19.4. The zero-order chi connectivity index (χ0) is 52.6. The summed E-state index contributed by atoms with van der Waals surface area (Å²) in [4.78, 5) is 76.0. The minimum absolute atomic E-state index is 0.0633. The second-order valence-electron chi connectivity index (χ2n) is 20.2. The van der Waals surface area contributed by atoms with Gasteiger partial charge in [-0.25, -0.2) is 18.6 Å². The summed E-state index contributed by atoms with van der Waals surface area (Å²) in [7, 11) is 2.71. The van der Waals surface area contributed by atoms with E-state index in [0.29, 0.717) is 34.2 Å². The number of methoxy groups -OCH3 is 1. The van der Waals surface area contributed by atoms with Crippen LogP contribution in [0.15, 0.2) is 67.4 Å². The summed E-state index contributed by atoms with van der Waals surface area (Å²) < 4.78 is 103. The van der Waals surface area contributed by atoms with Gasteiger partial charge in [-0.2, -0.15) is 13.2 Å². The molecule has 72 heavy (non-hydrogen) atoms. The number of benzene rings is 2. The average molecular weight is 1010 g/mol. The van der Waals surface area contributed by atoms with Crippen molar-refractivity contribution in [1.82, 2.24) is 35.1 Å². The van der Waals surface area contributed by atoms with Gasteiger partial charge in [0.05, 0.1) is 30.6 Å². The lowest BCUT2D eigenvalue weighted by Crippen LogP contribution is -2.62. The fraction of sp³-hybridized carbons (Fsp3) is 0.500. The van der Waals surface area contributed by atoms with Crippen LogP contribution >= 0.6 is 0 Å². The second kappa shape index (κ2) is 21.1. The molecular formula is C52H61F6N7O7. The fourth-order valence-electron chi connectivity index (χ4n) is 10.1. The molecule has 3 aliphatic heterocycles. The van der Waals surface area contributed by atoms with Crippen LogP contribution < -0.4 is 10.7 Å². The quantitative estimate of drug-likeness (QED) is 0.0869. The molecule has 0 aliphatic carbocycles. The van der Waals surface area contributed by atoms with Crippen molar-refractivity contribution in [2.45, 2.75) is 116 Å².